The minimum Gasteiger partial charge on any atom is -0.872 e. The van der Waals surface area contributed by atoms with Crippen LogP contribution in [0.25, 0.3) is 10.8 Å². The van der Waals surface area contributed by atoms with Crippen molar-refractivity contribution < 1.29 is 44.4 Å². The molecule has 2 fully saturated rings. The van der Waals surface area contributed by atoms with Gasteiger partial charge in [0.15, 0.2) is 0 Å². The van der Waals surface area contributed by atoms with E-state index in [0.29, 0.717) is 32.3 Å². The molecule has 3 aliphatic rings. The summed E-state index contributed by atoms with van der Waals surface area (Å²) in [5.41, 5.74) is 0.151. The zero-order chi connectivity index (χ0) is 39.9. The Balaban J connectivity index is 0. The number of nitriles is 2. The van der Waals surface area contributed by atoms with Crippen LogP contribution >= 0.6 is 47.6 Å². The summed E-state index contributed by atoms with van der Waals surface area (Å²) < 4.78 is 0. The third kappa shape index (κ3) is 13.0. The van der Waals surface area contributed by atoms with E-state index < -0.39 is 11.1 Å². The first kappa shape index (κ1) is 53.0. The SMILES string of the molecule is CC#N.CC#N.CC1(C)[C@@H]2CC[C@@]1(C)N=Cc1cc(Cl)cc(c1[O-])C=N[C@]1(C)CC[C@H](N=Cc3cc(Cl)cc(c3[O-])C=N2)C1(C)C.[Mn+2].[Mn+2].[N-]=C=S.[N-]=C=S. The predicted molar refractivity (Wildman–Crippen MR) is 217 cm³/mol. The Kier molecular flexibility index (Phi) is 23.3. The molecule has 2 aromatic carbocycles. The second kappa shape index (κ2) is 23.8. The van der Waals surface area contributed by atoms with Crippen molar-refractivity contribution in [3.05, 3.63) is 67.4 Å². The third-order valence-electron chi connectivity index (χ3n) is 10.2. The summed E-state index contributed by atoms with van der Waals surface area (Å²) in [6.07, 6.45) is 9.78. The smallest absolute Gasteiger partial charge is 0.872 e. The molecule has 2 radical (unpaired) electrons. The van der Waals surface area contributed by atoms with Gasteiger partial charge in [0.25, 0.3) is 0 Å². The molecule has 286 valence electrons. The second-order valence-corrected chi connectivity index (χ2v) is 14.9. The van der Waals surface area contributed by atoms with E-state index in [1.54, 1.807) is 61.3 Å². The van der Waals surface area contributed by atoms with Gasteiger partial charge in [-0.1, -0.05) is 86.8 Å². The molecule has 16 heteroatoms. The monoisotopic (exact) mass is 886 g/mol. The topological polar surface area (TPSA) is 188 Å². The average Bonchev–Trinajstić information content (AvgIpc) is 3.43. The van der Waals surface area contributed by atoms with Gasteiger partial charge >= 0.3 is 34.1 Å². The molecule has 2 saturated carbocycles. The molecule has 0 N–H and O–H groups in total. The van der Waals surface area contributed by atoms with Crippen molar-refractivity contribution in [3.63, 3.8) is 0 Å². The molecule has 5 rings (SSSR count). The van der Waals surface area contributed by atoms with E-state index in [2.05, 4.69) is 66.0 Å². The Morgan fingerprint density at radius 3 is 1.15 bits per heavy atom. The van der Waals surface area contributed by atoms with Gasteiger partial charge in [-0.15, -0.1) is 0 Å². The van der Waals surface area contributed by atoms with Crippen LogP contribution < -0.4 is 10.2 Å². The van der Waals surface area contributed by atoms with Crippen molar-refractivity contribution in [2.24, 2.45) is 30.8 Å². The van der Waals surface area contributed by atoms with Crippen LogP contribution in [-0.4, -0.2) is 58.3 Å². The Labute approximate surface area is 361 Å². The number of benzene rings is 2. The second-order valence-electron chi connectivity index (χ2n) is 13.6. The number of aliphatic imine (C=N–C) groups is 4. The van der Waals surface area contributed by atoms with E-state index in [1.807, 2.05) is 0 Å². The van der Waals surface area contributed by atoms with Gasteiger partial charge in [0.1, 0.15) is 0 Å². The molecule has 4 atom stereocenters. The summed E-state index contributed by atoms with van der Waals surface area (Å²) in [6.45, 7) is 15.6. The van der Waals surface area contributed by atoms with E-state index in [-0.39, 0.29) is 68.6 Å². The van der Waals surface area contributed by atoms with E-state index in [1.165, 1.54) is 24.2 Å². The Bertz CT molecular complexity index is 1740. The number of fused-ring (bicyclic) bond motifs is 8. The largest absolute Gasteiger partial charge is 2.00 e. The van der Waals surface area contributed by atoms with Crippen LogP contribution in [0.3, 0.4) is 0 Å². The van der Waals surface area contributed by atoms with Crippen LogP contribution in [-0.2, 0) is 34.1 Å². The van der Waals surface area contributed by atoms with Gasteiger partial charge in [-0.2, -0.15) is 20.8 Å². The first-order valence-electron chi connectivity index (χ1n) is 16.2. The Morgan fingerprint density at radius 2 is 0.889 bits per heavy atom. The van der Waals surface area contributed by atoms with Gasteiger partial charge in [-0.3, -0.25) is 20.0 Å². The van der Waals surface area contributed by atoms with Crippen LogP contribution in [0.2, 0.25) is 10.0 Å². The number of hydrogen-bond donors (Lipinski definition) is 0. The first-order valence-corrected chi connectivity index (χ1v) is 17.7. The van der Waals surface area contributed by atoms with Crippen molar-refractivity contribution in [2.75, 3.05) is 0 Å². The number of isothiocyanates is 2. The number of hydrogen-bond acceptors (Lipinski definition) is 10. The van der Waals surface area contributed by atoms with E-state index in [9.17, 15) is 10.2 Å². The van der Waals surface area contributed by atoms with Crippen LogP contribution in [0.4, 0.5) is 0 Å². The summed E-state index contributed by atoms with van der Waals surface area (Å²) in [4.78, 5) is 19.7. The minimum atomic E-state index is -0.471. The summed E-state index contributed by atoms with van der Waals surface area (Å²) >= 11 is 20.3. The fraction of sp³-hybridized carbons (Fsp3) is 0.474. The number of nitrogens with zero attached hydrogens (tertiary/aromatic N) is 8. The van der Waals surface area contributed by atoms with Crippen LogP contribution in [0, 0.1) is 33.5 Å². The molecular formula is C38H42Cl2Mn2N8O2S2. The molecule has 2 aromatic rings. The molecule has 0 unspecified atom stereocenters. The van der Waals surface area contributed by atoms with Crippen molar-refractivity contribution in [1.82, 2.24) is 0 Å². The summed E-state index contributed by atoms with van der Waals surface area (Å²) in [7, 11) is 0. The van der Waals surface area contributed by atoms with Gasteiger partial charge < -0.3 is 21.0 Å². The molecule has 1 heterocycles. The number of halogens is 2. The van der Waals surface area contributed by atoms with E-state index >= 15 is 0 Å². The van der Waals surface area contributed by atoms with Gasteiger partial charge in [-0.25, -0.2) is 0 Å². The zero-order valence-electron chi connectivity index (χ0n) is 31.3. The maximum Gasteiger partial charge on any atom is 2.00 e. The summed E-state index contributed by atoms with van der Waals surface area (Å²) in [5, 5.41) is 59.4. The van der Waals surface area contributed by atoms with Gasteiger partial charge in [0.2, 0.25) is 0 Å². The minimum absolute atomic E-state index is 0. The van der Waals surface area contributed by atoms with Crippen molar-refractivity contribution in [1.29, 1.82) is 10.5 Å². The molecule has 8 bridgehead atoms. The van der Waals surface area contributed by atoms with Crippen LogP contribution in [0.15, 0.2) is 44.2 Å². The average molecular weight is 888 g/mol. The molecule has 10 nitrogen and oxygen atoms in total. The van der Waals surface area contributed by atoms with Gasteiger partial charge in [0.05, 0.1) is 35.3 Å². The first-order chi connectivity index (χ1) is 24.3. The Hall–Kier alpha value is -3.08. The fourth-order valence-electron chi connectivity index (χ4n) is 6.32. The van der Waals surface area contributed by atoms with Gasteiger partial charge in [-0.05, 0) is 86.1 Å². The molecule has 1 aliphatic heterocycles. The quantitative estimate of drug-likeness (QED) is 0.144. The van der Waals surface area contributed by atoms with Gasteiger partial charge in [0, 0.05) is 59.6 Å². The molecular weight excluding hydrogens is 845 g/mol. The number of thiocarbonyl (C=S) groups is 2. The normalized spacial score (nSPS) is 23.2. The van der Waals surface area contributed by atoms with Crippen molar-refractivity contribution >= 4 is 82.8 Å². The molecule has 0 saturated heterocycles. The standard InChI is InChI=1S/C32H38Cl2N4O2.2C2H3N.2CNS.2Mn/c1-29(2)25-7-9-31(29,5)37-17-21-13-24(34)14-22(28(21)40)18-38-32(6)10-8-26(30(32,3)4)36-16-20-12-23(33)11-19(15-35-25)27(20)39;2*1-2-3;2*2-1-3;;/h11-18,25-26,39-40H,7-10H2,1-6H3;2*1H3;;;;/q;;;2*-1;2*+2/p-2/t25-,26-,31+,32+;;;;;;/m0....../s1. The summed E-state index contributed by atoms with van der Waals surface area (Å²) in [6, 6.07) is 10.0. The summed E-state index contributed by atoms with van der Waals surface area (Å²) in [5.74, 6) is -0.287. The van der Waals surface area contributed by atoms with E-state index in [0.717, 1.165) is 25.7 Å². The maximum absolute atomic E-state index is 13.5. The predicted octanol–water partition coefficient (Wildman–Crippen LogP) is 8.80. The maximum atomic E-state index is 13.5. The molecule has 0 aromatic heterocycles. The zero-order valence-corrected chi connectivity index (χ0v) is 36.8. The Morgan fingerprint density at radius 1 is 0.648 bits per heavy atom. The van der Waals surface area contributed by atoms with Crippen LogP contribution in [0.1, 0.15) is 103 Å². The molecule has 2 aliphatic carbocycles. The molecule has 0 amide bonds. The number of rotatable bonds is 0. The van der Waals surface area contributed by atoms with Crippen LogP contribution in [0.5, 0.6) is 11.5 Å². The fourth-order valence-corrected chi connectivity index (χ4v) is 6.79. The molecule has 54 heavy (non-hydrogen) atoms. The third-order valence-corrected chi connectivity index (χ3v) is 10.7. The molecule has 0 spiro atoms. The van der Waals surface area contributed by atoms with Crippen molar-refractivity contribution in [3.8, 4) is 23.6 Å². The van der Waals surface area contributed by atoms with E-state index in [4.69, 9.17) is 64.5 Å². The van der Waals surface area contributed by atoms with Crippen molar-refractivity contribution in [2.45, 2.75) is 104 Å².